The van der Waals surface area contributed by atoms with Crippen LogP contribution in [0.3, 0.4) is 0 Å². The van der Waals surface area contributed by atoms with Gasteiger partial charge in [-0.25, -0.2) is 0 Å². The summed E-state index contributed by atoms with van der Waals surface area (Å²) in [4.78, 5) is 0. The molecular formula is C15H10F3NO. The standard InChI is InChI=1S/C15H10F3NO/c16-15(17,18)14-7-6-13(8-12(14)9-19)20-10-11-4-2-1-3-5-11/h1-8H,10H2. The highest BCUT2D eigenvalue weighted by Crippen LogP contribution is 2.33. The Labute approximate surface area is 114 Å². The van der Waals surface area contributed by atoms with Crippen LogP contribution in [0.2, 0.25) is 0 Å². The zero-order valence-electron chi connectivity index (χ0n) is 10.3. The number of hydrogen-bond acceptors (Lipinski definition) is 2. The molecule has 0 saturated carbocycles. The average Bonchev–Trinajstić information content (AvgIpc) is 2.45. The first-order valence-corrected chi connectivity index (χ1v) is 5.79. The third-order valence-electron chi connectivity index (χ3n) is 2.67. The van der Waals surface area contributed by atoms with Gasteiger partial charge >= 0.3 is 6.18 Å². The Bertz CT molecular complexity index is 630. The van der Waals surface area contributed by atoms with Crippen molar-refractivity contribution in [2.45, 2.75) is 12.8 Å². The molecule has 0 radical (unpaired) electrons. The van der Waals surface area contributed by atoms with Crippen LogP contribution < -0.4 is 4.74 Å². The number of nitriles is 1. The number of ether oxygens (including phenoxy) is 1. The second kappa shape index (κ2) is 5.66. The number of alkyl halides is 3. The second-order valence-corrected chi connectivity index (χ2v) is 4.09. The lowest BCUT2D eigenvalue weighted by molar-refractivity contribution is -0.137. The van der Waals surface area contributed by atoms with Crippen molar-refractivity contribution < 1.29 is 17.9 Å². The van der Waals surface area contributed by atoms with Gasteiger partial charge in [-0.2, -0.15) is 18.4 Å². The van der Waals surface area contributed by atoms with Crippen molar-refractivity contribution >= 4 is 0 Å². The molecular weight excluding hydrogens is 267 g/mol. The van der Waals surface area contributed by atoms with Crippen molar-refractivity contribution in [3.63, 3.8) is 0 Å². The molecule has 0 bridgehead atoms. The summed E-state index contributed by atoms with van der Waals surface area (Å²) in [6.07, 6.45) is -4.54. The van der Waals surface area contributed by atoms with Crippen LogP contribution >= 0.6 is 0 Å². The van der Waals surface area contributed by atoms with Gasteiger partial charge in [0.25, 0.3) is 0 Å². The fourth-order valence-corrected chi connectivity index (χ4v) is 1.69. The summed E-state index contributed by atoms with van der Waals surface area (Å²) in [5.74, 6) is 0.235. The van der Waals surface area contributed by atoms with Crippen molar-refractivity contribution in [1.29, 1.82) is 5.26 Å². The van der Waals surface area contributed by atoms with E-state index in [0.29, 0.717) is 0 Å². The molecule has 0 fully saturated rings. The first-order valence-electron chi connectivity index (χ1n) is 5.79. The van der Waals surface area contributed by atoms with E-state index in [1.54, 1.807) is 6.07 Å². The van der Waals surface area contributed by atoms with Gasteiger partial charge in [0.1, 0.15) is 12.4 Å². The van der Waals surface area contributed by atoms with Gasteiger partial charge in [-0.05, 0) is 23.8 Å². The van der Waals surface area contributed by atoms with Gasteiger partial charge in [-0.3, -0.25) is 0 Å². The Morgan fingerprint density at radius 3 is 2.35 bits per heavy atom. The predicted octanol–water partition coefficient (Wildman–Crippen LogP) is 4.16. The summed E-state index contributed by atoms with van der Waals surface area (Å²) < 4.78 is 43.3. The topological polar surface area (TPSA) is 33.0 Å². The van der Waals surface area contributed by atoms with Crippen molar-refractivity contribution in [2.24, 2.45) is 0 Å². The molecule has 20 heavy (non-hydrogen) atoms. The molecule has 2 rings (SSSR count). The van der Waals surface area contributed by atoms with E-state index in [1.165, 1.54) is 6.07 Å². The maximum Gasteiger partial charge on any atom is 0.417 e. The minimum atomic E-state index is -4.54. The molecule has 0 atom stereocenters. The van der Waals surface area contributed by atoms with Crippen LogP contribution in [0.15, 0.2) is 48.5 Å². The molecule has 0 saturated heterocycles. The number of nitrogens with zero attached hydrogens (tertiary/aromatic N) is 1. The summed E-state index contributed by atoms with van der Waals surface area (Å²) in [6.45, 7) is 0.233. The van der Waals surface area contributed by atoms with E-state index in [2.05, 4.69) is 0 Å². The molecule has 0 N–H and O–H groups in total. The second-order valence-electron chi connectivity index (χ2n) is 4.09. The molecule has 0 aliphatic heterocycles. The lowest BCUT2D eigenvalue weighted by atomic mass is 10.1. The average molecular weight is 277 g/mol. The van der Waals surface area contributed by atoms with E-state index in [9.17, 15) is 13.2 Å². The lowest BCUT2D eigenvalue weighted by Crippen LogP contribution is -2.08. The van der Waals surface area contributed by atoms with Crippen LogP contribution in [0.5, 0.6) is 5.75 Å². The zero-order chi connectivity index (χ0) is 14.6. The normalized spacial score (nSPS) is 10.9. The van der Waals surface area contributed by atoms with Gasteiger partial charge in [-0.1, -0.05) is 30.3 Å². The highest BCUT2D eigenvalue weighted by atomic mass is 19.4. The first kappa shape index (κ1) is 13.9. The minimum absolute atomic E-state index is 0.233. The molecule has 0 amide bonds. The molecule has 2 aromatic carbocycles. The molecule has 0 unspecified atom stereocenters. The maximum atomic E-state index is 12.6. The molecule has 0 aliphatic carbocycles. The molecule has 2 aromatic rings. The van der Waals surface area contributed by atoms with Gasteiger partial charge in [-0.15, -0.1) is 0 Å². The van der Waals surface area contributed by atoms with E-state index in [-0.39, 0.29) is 12.4 Å². The molecule has 5 heteroatoms. The van der Waals surface area contributed by atoms with Crippen LogP contribution in [-0.2, 0) is 12.8 Å². The van der Waals surface area contributed by atoms with Gasteiger partial charge in [0.15, 0.2) is 0 Å². The molecule has 102 valence electrons. The number of benzene rings is 2. The summed E-state index contributed by atoms with van der Waals surface area (Å²) in [7, 11) is 0. The third kappa shape index (κ3) is 3.29. The van der Waals surface area contributed by atoms with Crippen LogP contribution in [0.25, 0.3) is 0 Å². The Balaban J connectivity index is 2.17. The predicted molar refractivity (Wildman–Crippen MR) is 66.9 cm³/mol. The van der Waals surface area contributed by atoms with Gasteiger partial charge < -0.3 is 4.74 Å². The van der Waals surface area contributed by atoms with Crippen molar-refractivity contribution in [2.75, 3.05) is 0 Å². The highest BCUT2D eigenvalue weighted by molar-refractivity contribution is 5.44. The summed E-state index contributed by atoms with van der Waals surface area (Å²) in [6, 6.07) is 13.9. The SMILES string of the molecule is N#Cc1cc(OCc2ccccc2)ccc1C(F)(F)F. The number of rotatable bonds is 3. The molecule has 0 spiro atoms. The smallest absolute Gasteiger partial charge is 0.417 e. The monoisotopic (exact) mass is 277 g/mol. The quantitative estimate of drug-likeness (QED) is 0.844. The minimum Gasteiger partial charge on any atom is -0.489 e. The van der Waals surface area contributed by atoms with Crippen LogP contribution in [0.4, 0.5) is 13.2 Å². The fourth-order valence-electron chi connectivity index (χ4n) is 1.69. The van der Waals surface area contributed by atoms with Crippen LogP contribution in [0, 0.1) is 11.3 Å². The van der Waals surface area contributed by atoms with Gasteiger partial charge in [0, 0.05) is 0 Å². The van der Waals surface area contributed by atoms with Crippen molar-refractivity contribution in [3.8, 4) is 11.8 Å². The third-order valence-corrected chi connectivity index (χ3v) is 2.67. The fraction of sp³-hybridized carbons (Fsp3) is 0.133. The van der Waals surface area contributed by atoms with Crippen LogP contribution in [0.1, 0.15) is 16.7 Å². The number of halogens is 3. The van der Waals surface area contributed by atoms with E-state index in [0.717, 1.165) is 17.7 Å². The summed E-state index contributed by atoms with van der Waals surface area (Å²) in [5, 5.41) is 8.79. The van der Waals surface area contributed by atoms with Gasteiger partial charge in [0.2, 0.25) is 0 Å². The molecule has 2 nitrogen and oxygen atoms in total. The van der Waals surface area contributed by atoms with Crippen molar-refractivity contribution in [3.05, 3.63) is 65.2 Å². The maximum absolute atomic E-state index is 12.6. The van der Waals surface area contributed by atoms with E-state index >= 15 is 0 Å². The molecule has 0 aliphatic rings. The first-order chi connectivity index (χ1) is 9.50. The summed E-state index contributed by atoms with van der Waals surface area (Å²) in [5.41, 5.74) is -0.499. The van der Waals surface area contributed by atoms with Crippen molar-refractivity contribution in [1.82, 2.24) is 0 Å². The highest BCUT2D eigenvalue weighted by Gasteiger charge is 2.33. The van der Waals surface area contributed by atoms with Gasteiger partial charge in [0.05, 0.1) is 17.2 Å². The Kier molecular flexibility index (Phi) is 3.94. The zero-order valence-corrected chi connectivity index (χ0v) is 10.3. The Hall–Kier alpha value is -2.48. The van der Waals surface area contributed by atoms with E-state index < -0.39 is 17.3 Å². The van der Waals surface area contributed by atoms with Crippen LogP contribution in [-0.4, -0.2) is 0 Å². The molecule has 0 heterocycles. The number of hydrogen-bond donors (Lipinski definition) is 0. The lowest BCUT2D eigenvalue weighted by Gasteiger charge is -2.11. The molecule has 0 aromatic heterocycles. The summed E-state index contributed by atoms with van der Waals surface area (Å²) >= 11 is 0. The largest absolute Gasteiger partial charge is 0.489 e. The Morgan fingerprint density at radius 2 is 1.75 bits per heavy atom. The van der Waals surface area contributed by atoms with E-state index in [1.807, 2.05) is 30.3 Å². The van der Waals surface area contributed by atoms with E-state index in [4.69, 9.17) is 10.00 Å². The Morgan fingerprint density at radius 1 is 1.05 bits per heavy atom.